The van der Waals surface area contributed by atoms with E-state index >= 15 is 0 Å². The van der Waals surface area contributed by atoms with Crippen molar-refractivity contribution in [2.24, 2.45) is 5.92 Å². The molecule has 0 unspecified atom stereocenters. The van der Waals surface area contributed by atoms with Crippen LogP contribution in [0, 0.1) is 18.7 Å². The van der Waals surface area contributed by atoms with Crippen molar-refractivity contribution in [2.75, 3.05) is 26.3 Å². The number of ether oxygens (including phenoxy) is 2. The molecule has 0 aromatic carbocycles. The van der Waals surface area contributed by atoms with Gasteiger partial charge in [0.1, 0.15) is 11.3 Å². The molecule has 7 nitrogen and oxygen atoms in total. The van der Waals surface area contributed by atoms with Gasteiger partial charge in [0, 0.05) is 19.0 Å². The fraction of sp³-hybridized carbons (Fsp3) is 0.474. The number of likely N-dealkylation sites (tertiary alicyclic amines) is 1. The summed E-state index contributed by atoms with van der Waals surface area (Å²) in [4.78, 5) is 26.4. The molecule has 0 N–H and O–H groups in total. The van der Waals surface area contributed by atoms with Crippen LogP contribution < -0.4 is 4.74 Å². The first kappa shape index (κ1) is 17.8. The summed E-state index contributed by atoms with van der Waals surface area (Å²) in [5, 5.41) is 0. The second kappa shape index (κ2) is 7.19. The summed E-state index contributed by atoms with van der Waals surface area (Å²) >= 11 is 0. The van der Waals surface area contributed by atoms with E-state index in [1.165, 1.54) is 24.5 Å². The van der Waals surface area contributed by atoms with E-state index < -0.39 is 5.82 Å². The van der Waals surface area contributed by atoms with Gasteiger partial charge in [-0.15, -0.1) is 0 Å². The molecule has 2 saturated heterocycles. The van der Waals surface area contributed by atoms with Crippen LogP contribution in [0.3, 0.4) is 0 Å². The summed E-state index contributed by atoms with van der Waals surface area (Å²) in [6, 6.07) is 2.85. The van der Waals surface area contributed by atoms with Crippen LogP contribution in [-0.2, 0) is 4.74 Å². The largest absolute Gasteiger partial charge is 0.476 e. The number of aromatic nitrogens is 3. The highest BCUT2D eigenvalue weighted by Gasteiger charge is 2.54. The van der Waals surface area contributed by atoms with Gasteiger partial charge in [0.25, 0.3) is 5.91 Å². The summed E-state index contributed by atoms with van der Waals surface area (Å²) in [5.74, 6) is -0.310. The predicted molar refractivity (Wildman–Crippen MR) is 93.8 cm³/mol. The van der Waals surface area contributed by atoms with Gasteiger partial charge in [-0.3, -0.25) is 9.78 Å². The topological polar surface area (TPSA) is 77.4 Å². The summed E-state index contributed by atoms with van der Waals surface area (Å²) in [5.41, 5.74) is 0.786. The molecule has 2 aromatic rings. The summed E-state index contributed by atoms with van der Waals surface area (Å²) in [7, 11) is 0. The average Bonchev–Trinajstić information content (AvgIpc) is 3.06. The molecular weight excluding hydrogens is 351 g/mol. The van der Waals surface area contributed by atoms with Gasteiger partial charge in [0.15, 0.2) is 5.82 Å². The maximum Gasteiger partial charge on any atom is 0.274 e. The molecule has 0 aliphatic carbocycles. The maximum atomic E-state index is 13.6. The zero-order valence-electron chi connectivity index (χ0n) is 15.1. The zero-order valence-corrected chi connectivity index (χ0v) is 15.1. The van der Waals surface area contributed by atoms with Gasteiger partial charge in [-0.2, -0.15) is 0 Å². The summed E-state index contributed by atoms with van der Waals surface area (Å²) in [6.45, 7) is 3.92. The van der Waals surface area contributed by atoms with Gasteiger partial charge in [0.05, 0.1) is 31.6 Å². The van der Waals surface area contributed by atoms with Crippen LogP contribution in [0.1, 0.15) is 29.0 Å². The molecule has 1 atom stereocenters. The highest BCUT2D eigenvalue weighted by molar-refractivity contribution is 5.92. The van der Waals surface area contributed by atoms with Gasteiger partial charge in [-0.25, -0.2) is 14.4 Å². The van der Waals surface area contributed by atoms with Crippen molar-refractivity contribution in [3.05, 3.63) is 47.9 Å². The van der Waals surface area contributed by atoms with Crippen LogP contribution in [-0.4, -0.2) is 57.7 Å². The van der Waals surface area contributed by atoms with Crippen molar-refractivity contribution < 1.29 is 18.7 Å². The SMILES string of the molecule is Cc1cnc(C(=O)N2CC3(C2)OCC[C@@H]3CCOc2ncccc2F)cn1. The van der Waals surface area contributed by atoms with E-state index in [1.54, 1.807) is 11.1 Å². The Morgan fingerprint density at radius 1 is 1.37 bits per heavy atom. The Kier molecular flexibility index (Phi) is 4.73. The van der Waals surface area contributed by atoms with Crippen molar-refractivity contribution >= 4 is 5.91 Å². The van der Waals surface area contributed by atoms with E-state index in [1.807, 2.05) is 6.92 Å². The van der Waals surface area contributed by atoms with Crippen molar-refractivity contribution in [2.45, 2.75) is 25.4 Å². The minimum Gasteiger partial charge on any atom is -0.476 e. The normalized spacial score (nSPS) is 20.5. The Morgan fingerprint density at radius 3 is 2.96 bits per heavy atom. The molecule has 27 heavy (non-hydrogen) atoms. The van der Waals surface area contributed by atoms with E-state index in [0.29, 0.717) is 32.0 Å². The second-order valence-electron chi connectivity index (χ2n) is 7.03. The number of carbonyl (C=O) groups excluding carboxylic acids is 1. The third kappa shape index (κ3) is 3.49. The first-order valence-corrected chi connectivity index (χ1v) is 9.03. The van der Waals surface area contributed by atoms with E-state index in [9.17, 15) is 9.18 Å². The van der Waals surface area contributed by atoms with Crippen LogP contribution in [0.5, 0.6) is 5.88 Å². The van der Waals surface area contributed by atoms with E-state index in [-0.39, 0.29) is 23.3 Å². The molecule has 2 aromatic heterocycles. The quantitative estimate of drug-likeness (QED) is 0.799. The van der Waals surface area contributed by atoms with E-state index in [0.717, 1.165) is 18.5 Å². The van der Waals surface area contributed by atoms with Crippen molar-refractivity contribution in [3.8, 4) is 5.88 Å². The van der Waals surface area contributed by atoms with Crippen molar-refractivity contribution in [1.29, 1.82) is 0 Å². The highest BCUT2D eigenvalue weighted by Crippen LogP contribution is 2.42. The lowest BCUT2D eigenvalue weighted by atomic mass is 9.79. The molecule has 8 heteroatoms. The second-order valence-corrected chi connectivity index (χ2v) is 7.03. The van der Waals surface area contributed by atoms with Crippen LogP contribution in [0.15, 0.2) is 30.7 Å². The third-order valence-electron chi connectivity index (χ3n) is 5.23. The Bertz CT molecular complexity index is 824. The number of pyridine rings is 1. The first-order chi connectivity index (χ1) is 13.1. The number of halogens is 1. The molecule has 142 valence electrons. The summed E-state index contributed by atoms with van der Waals surface area (Å²) in [6.07, 6.45) is 6.22. The number of carbonyl (C=O) groups is 1. The highest BCUT2D eigenvalue weighted by atomic mass is 19.1. The number of amides is 1. The lowest BCUT2D eigenvalue weighted by Gasteiger charge is -2.50. The lowest BCUT2D eigenvalue weighted by molar-refractivity contribution is -0.119. The summed E-state index contributed by atoms with van der Waals surface area (Å²) < 4.78 is 25.0. The van der Waals surface area contributed by atoms with Crippen LogP contribution in [0.2, 0.25) is 0 Å². The monoisotopic (exact) mass is 372 g/mol. The average molecular weight is 372 g/mol. The van der Waals surface area contributed by atoms with Gasteiger partial charge in [0.2, 0.25) is 5.88 Å². The minimum atomic E-state index is -0.463. The zero-order chi connectivity index (χ0) is 18.9. The Balaban J connectivity index is 1.32. The van der Waals surface area contributed by atoms with Crippen molar-refractivity contribution in [3.63, 3.8) is 0 Å². The molecule has 0 saturated carbocycles. The van der Waals surface area contributed by atoms with Gasteiger partial charge >= 0.3 is 0 Å². The Morgan fingerprint density at radius 2 is 2.22 bits per heavy atom. The lowest BCUT2D eigenvalue weighted by Crippen LogP contribution is -2.66. The minimum absolute atomic E-state index is 0.0221. The number of aryl methyl sites for hydroxylation is 1. The molecule has 2 fully saturated rings. The third-order valence-corrected chi connectivity index (χ3v) is 5.23. The molecule has 4 heterocycles. The molecule has 0 bridgehead atoms. The molecule has 1 spiro atoms. The van der Waals surface area contributed by atoms with Crippen molar-refractivity contribution in [1.82, 2.24) is 19.9 Å². The molecule has 1 amide bonds. The standard InChI is InChI=1S/C19H21FN4O3/c1-13-9-23-16(10-22-13)18(25)24-11-19(12-24)14(5-8-27-19)4-7-26-17-15(20)3-2-6-21-17/h2-3,6,9-10,14H,4-5,7-8,11-12H2,1H3/t14-/m0/s1. The molecule has 4 rings (SSSR count). The number of hydrogen-bond donors (Lipinski definition) is 0. The van der Waals surface area contributed by atoms with Crippen LogP contribution in [0.4, 0.5) is 4.39 Å². The molecule has 0 radical (unpaired) electrons. The Labute approximate surface area is 156 Å². The molecule has 2 aliphatic rings. The smallest absolute Gasteiger partial charge is 0.274 e. The molecule has 2 aliphatic heterocycles. The van der Waals surface area contributed by atoms with Gasteiger partial charge < -0.3 is 14.4 Å². The fourth-order valence-electron chi connectivity index (χ4n) is 3.73. The van der Waals surface area contributed by atoms with Crippen LogP contribution in [0.25, 0.3) is 0 Å². The fourth-order valence-corrected chi connectivity index (χ4v) is 3.73. The van der Waals surface area contributed by atoms with E-state index in [2.05, 4.69) is 15.0 Å². The number of nitrogens with zero attached hydrogens (tertiary/aromatic N) is 4. The first-order valence-electron chi connectivity index (χ1n) is 9.03. The maximum absolute atomic E-state index is 13.6. The van der Waals surface area contributed by atoms with Gasteiger partial charge in [-0.05, 0) is 37.8 Å². The number of hydrogen-bond acceptors (Lipinski definition) is 6. The molecular formula is C19H21FN4O3. The van der Waals surface area contributed by atoms with E-state index in [4.69, 9.17) is 9.47 Å². The Hall–Kier alpha value is -2.61. The van der Waals surface area contributed by atoms with Crippen LogP contribution >= 0.6 is 0 Å². The predicted octanol–water partition coefficient (Wildman–Crippen LogP) is 2.02. The van der Waals surface area contributed by atoms with Gasteiger partial charge in [-0.1, -0.05) is 0 Å². The number of rotatable bonds is 5.